The minimum atomic E-state index is -0.00485. The Labute approximate surface area is 127 Å². The second kappa shape index (κ2) is 9.23. The molecule has 1 aromatic carbocycles. The number of hydrogen-bond acceptors (Lipinski definition) is 4. The van der Waals surface area contributed by atoms with Crippen LogP contribution in [0.1, 0.15) is 32.8 Å². The fraction of sp³-hybridized carbons (Fsp3) is 0.562. The van der Waals surface area contributed by atoms with Crippen LogP contribution in [0.5, 0.6) is 11.5 Å². The van der Waals surface area contributed by atoms with E-state index in [0.29, 0.717) is 25.4 Å². The van der Waals surface area contributed by atoms with Crippen LogP contribution in [0, 0.1) is 0 Å². The molecule has 1 amide bonds. The van der Waals surface area contributed by atoms with Gasteiger partial charge in [0.15, 0.2) is 11.5 Å². The molecule has 0 aromatic heterocycles. The molecule has 0 spiro atoms. The van der Waals surface area contributed by atoms with Crippen LogP contribution in [0.15, 0.2) is 18.2 Å². The summed E-state index contributed by atoms with van der Waals surface area (Å²) in [4.78, 5) is 11.6. The van der Waals surface area contributed by atoms with Crippen molar-refractivity contribution in [1.82, 2.24) is 10.6 Å². The van der Waals surface area contributed by atoms with E-state index < -0.39 is 0 Å². The topological polar surface area (TPSA) is 59.6 Å². The lowest BCUT2D eigenvalue weighted by Crippen LogP contribution is -2.31. The Hall–Kier alpha value is -1.75. The fourth-order valence-corrected chi connectivity index (χ4v) is 1.90. The number of benzene rings is 1. The molecule has 1 aromatic rings. The van der Waals surface area contributed by atoms with Crippen LogP contribution in [-0.4, -0.2) is 32.2 Å². The van der Waals surface area contributed by atoms with Gasteiger partial charge in [-0.1, -0.05) is 6.07 Å². The smallest absolute Gasteiger partial charge is 0.223 e. The van der Waals surface area contributed by atoms with E-state index in [9.17, 15) is 4.79 Å². The van der Waals surface area contributed by atoms with Gasteiger partial charge in [-0.3, -0.25) is 4.79 Å². The Kier molecular flexibility index (Phi) is 7.61. The highest BCUT2D eigenvalue weighted by molar-refractivity contribution is 5.76. The number of amides is 1. The first-order valence-electron chi connectivity index (χ1n) is 7.39. The second-order valence-electron chi connectivity index (χ2n) is 5.07. The monoisotopic (exact) mass is 294 g/mol. The van der Waals surface area contributed by atoms with Gasteiger partial charge in [-0.15, -0.1) is 0 Å². The minimum absolute atomic E-state index is 0.00485. The molecule has 21 heavy (non-hydrogen) atoms. The van der Waals surface area contributed by atoms with Crippen LogP contribution in [0.3, 0.4) is 0 Å². The van der Waals surface area contributed by atoms with E-state index in [0.717, 1.165) is 17.9 Å². The molecule has 1 rings (SSSR count). The maximum atomic E-state index is 11.6. The highest BCUT2D eigenvalue weighted by Gasteiger charge is 2.08. The van der Waals surface area contributed by atoms with E-state index in [1.54, 1.807) is 0 Å². The summed E-state index contributed by atoms with van der Waals surface area (Å²) in [5.41, 5.74) is 1.13. The summed E-state index contributed by atoms with van der Waals surface area (Å²) in [6, 6.07) is 5.99. The first-order chi connectivity index (χ1) is 10.1. The van der Waals surface area contributed by atoms with Crippen LogP contribution >= 0.6 is 0 Å². The van der Waals surface area contributed by atoms with Crippen molar-refractivity contribution >= 4 is 5.91 Å². The lowest BCUT2D eigenvalue weighted by atomic mass is 10.2. The van der Waals surface area contributed by atoms with Gasteiger partial charge >= 0.3 is 0 Å². The summed E-state index contributed by atoms with van der Waals surface area (Å²) in [5, 5.41) is 5.94. The number of carbonyl (C=O) groups is 1. The Morgan fingerprint density at radius 3 is 2.62 bits per heavy atom. The summed E-state index contributed by atoms with van der Waals surface area (Å²) < 4.78 is 11.3. The third-order valence-electron chi connectivity index (χ3n) is 2.73. The van der Waals surface area contributed by atoms with Gasteiger partial charge < -0.3 is 20.1 Å². The lowest BCUT2D eigenvalue weighted by Gasteiger charge is -2.14. The highest BCUT2D eigenvalue weighted by atomic mass is 16.5. The van der Waals surface area contributed by atoms with Crippen molar-refractivity contribution in [3.63, 3.8) is 0 Å². The van der Waals surface area contributed by atoms with Gasteiger partial charge in [0.05, 0.1) is 19.6 Å². The molecule has 118 valence electrons. The molecule has 0 fully saturated rings. The Bertz CT molecular complexity index is 447. The van der Waals surface area contributed by atoms with Crippen molar-refractivity contribution in [3.8, 4) is 11.5 Å². The van der Waals surface area contributed by atoms with Gasteiger partial charge in [0.1, 0.15) is 0 Å². The van der Waals surface area contributed by atoms with Gasteiger partial charge in [-0.05, 0) is 45.5 Å². The lowest BCUT2D eigenvalue weighted by molar-refractivity contribution is -0.122. The van der Waals surface area contributed by atoms with Crippen molar-refractivity contribution < 1.29 is 14.3 Å². The van der Waals surface area contributed by atoms with E-state index in [1.807, 2.05) is 46.0 Å². The van der Waals surface area contributed by atoms with Crippen molar-refractivity contribution in [1.29, 1.82) is 0 Å². The normalized spacial score (nSPS) is 10.5. The molecule has 0 atom stereocenters. The maximum absolute atomic E-state index is 11.6. The number of carbonyl (C=O) groups excluding carboxylic acids is 1. The Morgan fingerprint density at radius 2 is 2.00 bits per heavy atom. The van der Waals surface area contributed by atoms with E-state index in [2.05, 4.69) is 10.6 Å². The first-order valence-corrected chi connectivity index (χ1v) is 7.39. The zero-order valence-corrected chi connectivity index (χ0v) is 13.4. The summed E-state index contributed by atoms with van der Waals surface area (Å²) in [6.45, 7) is 7.50. The molecule has 0 aliphatic rings. The number of hydrogen-bond donors (Lipinski definition) is 2. The Morgan fingerprint density at radius 1 is 1.24 bits per heavy atom. The molecule has 0 bridgehead atoms. The number of rotatable bonds is 9. The molecule has 0 heterocycles. The molecule has 0 radical (unpaired) electrons. The van der Waals surface area contributed by atoms with Crippen LogP contribution in [0.2, 0.25) is 0 Å². The molecule has 0 saturated carbocycles. The summed E-state index contributed by atoms with van der Waals surface area (Å²) >= 11 is 0. The number of nitrogens with one attached hydrogen (secondary N) is 2. The van der Waals surface area contributed by atoms with Gasteiger partial charge in [-0.2, -0.15) is 0 Å². The summed E-state index contributed by atoms with van der Waals surface area (Å²) in [7, 11) is 1.90. The zero-order chi connectivity index (χ0) is 15.7. The van der Waals surface area contributed by atoms with Crippen molar-refractivity contribution in [2.75, 3.05) is 20.3 Å². The number of ether oxygens (including phenoxy) is 2. The molecular weight excluding hydrogens is 268 g/mol. The molecule has 5 heteroatoms. The highest BCUT2D eigenvalue weighted by Crippen LogP contribution is 2.28. The summed E-state index contributed by atoms with van der Waals surface area (Å²) in [5.74, 6) is 1.39. The van der Waals surface area contributed by atoms with Crippen LogP contribution in [-0.2, 0) is 11.3 Å². The standard InChI is InChI=1S/C16H26N2O3/c1-5-20-15-10-13(11-17-4)6-7-14(15)21-9-8-16(19)18-12(2)3/h6-7,10,12,17H,5,8-9,11H2,1-4H3,(H,18,19). The average Bonchev–Trinajstić information content (AvgIpc) is 2.41. The van der Waals surface area contributed by atoms with Crippen molar-refractivity contribution in [2.45, 2.75) is 39.8 Å². The third kappa shape index (κ3) is 6.49. The predicted molar refractivity (Wildman–Crippen MR) is 83.8 cm³/mol. The average molecular weight is 294 g/mol. The van der Waals surface area contributed by atoms with E-state index in [4.69, 9.17) is 9.47 Å². The minimum Gasteiger partial charge on any atom is -0.490 e. The molecule has 2 N–H and O–H groups in total. The predicted octanol–water partition coefficient (Wildman–Crippen LogP) is 2.10. The van der Waals surface area contributed by atoms with E-state index in [-0.39, 0.29) is 11.9 Å². The van der Waals surface area contributed by atoms with Crippen LogP contribution in [0.25, 0.3) is 0 Å². The molecule has 0 unspecified atom stereocenters. The van der Waals surface area contributed by atoms with E-state index in [1.165, 1.54) is 0 Å². The van der Waals surface area contributed by atoms with Crippen LogP contribution in [0.4, 0.5) is 0 Å². The quantitative estimate of drug-likeness (QED) is 0.732. The molecule has 5 nitrogen and oxygen atoms in total. The molecule has 0 saturated heterocycles. The Balaban J connectivity index is 2.58. The molecule has 0 aliphatic heterocycles. The van der Waals surface area contributed by atoms with Crippen molar-refractivity contribution in [2.24, 2.45) is 0 Å². The largest absolute Gasteiger partial charge is 0.490 e. The molecule has 0 aliphatic carbocycles. The van der Waals surface area contributed by atoms with Gasteiger partial charge in [0.25, 0.3) is 0 Å². The summed E-state index contributed by atoms with van der Waals surface area (Å²) in [6.07, 6.45) is 0.335. The third-order valence-corrected chi connectivity index (χ3v) is 2.73. The van der Waals surface area contributed by atoms with Crippen molar-refractivity contribution in [3.05, 3.63) is 23.8 Å². The SMILES string of the molecule is CCOc1cc(CNC)ccc1OCCC(=O)NC(C)C. The fourth-order valence-electron chi connectivity index (χ4n) is 1.90. The zero-order valence-electron chi connectivity index (χ0n) is 13.4. The first kappa shape index (κ1) is 17.3. The second-order valence-corrected chi connectivity index (χ2v) is 5.07. The van der Waals surface area contributed by atoms with Gasteiger partial charge in [0, 0.05) is 12.6 Å². The van der Waals surface area contributed by atoms with Gasteiger partial charge in [0.2, 0.25) is 5.91 Å². The molecular formula is C16H26N2O3. The van der Waals surface area contributed by atoms with E-state index >= 15 is 0 Å². The van der Waals surface area contributed by atoms with Crippen LogP contribution < -0.4 is 20.1 Å². The maximum Gasteiger partial charge on any atom is 0.223 e. The van der Waals surface area contributed by atoms with Gasteiger partial charge in [-0.25, -0.2) is 0 Å².